The minimum absolute atomic E-state index is 0.0844. The van der Waals surface area contributed by atoms with E-state index in [0.29, 0.717) is 0 Å². The van der Waals surface area contributed by atoms with Crippen LogP contribution in [0.5, 0.6) is 0 Å². The van der Waals surface area contributed by atoms with Crippen LogP contribution in [-0.4, -0.2) is 21.8 Å². The number of carbonyl (C=O) groups is 1. The average molecular weight is 184 g/mol. The molecule has 0 aliphatic heterocycles. The standard InChI is InChI=1S/C10H16O3/c1-2-10(13,7-9(11)12)8-5-3-4-6-8/h2,8,13H,1,3-7H2,(H,11,12). The first-order valence-electron chi connectivity index (χ1n) is 4.66. The number of aliphatic carboxylic acids is 1. The maximum absolute atomic E-state index is 10.5. The molecule has 0 amide bonds. The Kier molecular flexibility index (Phi) is 3.09. The van der Waals surface area contributed by atoms with Crippen LogP contribution < -0.4 is 0 Å². The summed E-state index contributed by atoms with van der Waals surface area (Å²) in [5.41, 5.74) is -1.19. The highest BCUT2D eigenvalue weighted by atomic mass is 16.4. The lowest BCUT2D eigenvalue weighted by atomic mass is 9.83. The lowest BCUT2D eigenvalue weighted by Gasteiger charge is -2.29. The third kappa shape index (κ3) is 2.31. The van der Waals surface area contributed by atoms with Gasteiger partial charge in [-0.05, 0) is 18.8 Å². The van der Waals surface area contributed by atoms with Crippen molar-refractivity contribution in [2.24, 2.45) is 5.92 Å². The fraction of sp³-hybridized carbons (Fsp3) is 0.700. The Morgan fingerprint density at radius 1 is 1.54 bits per heavy atom. The van der Waals surface area contributed by atoms with Gasteiger partial charge in [-0.3, -0.25) is 4.79 Å². The summed E-state index contributed by atoms with van der Waals surface area (Å²) >= 11 is 0. The molecule has 1 rings (SSSR count). The van der Waals surface area contributed by atoms with E-state index in [1.165, 1.54) is 6.08 Å². The second kappa shape index (κ2) is 3.92. The van der Waals surface area contributed by atoms with Gasteiger partial charge in [0.05, 0.1) is 12.0 Å². The summed E-state index contributed by atoms with van der Waals surface area (Å²) in [6.07, 6.45) is 5.16. The van der Waals surface area contributed by atoms with Crippen LogP contribution in [0.2, 0.25) is 0 Å². The lowest BCUT2D eigenvalue weighted by molar-refractivity contribution is -0.142. The normalized spacial score (nSPS) is 22.5. The molecule has 1 atom stereocenters. The van der Waals surface area contributed by atoms with Crippen molar-refractivity contribution in [2.75, 3.05) is 0 Å². The van der Waals surface area contributed by atoms with E-state index in [2.05, 4.69) is 6.58 Å². The minimum atomic E-state index is -1.19. The third-order valence-corrected chi connectivity index (χ3v) is 2.85. The van der Waals surface area contributed by atoms with Crippen molar-refractivity contribution in [3.63, 3.8) is 0 Å². The first-order valence-corrected chi connectivity index (χ1v) is 4.66. The summed E-state index contributed by atoms with van der Waals surface area (Å²) in [7, 11) is 0. The molecular formula is C10H16O3. The van der Waals surface area contributed by atoms with E-state index in [0.717, 1.165) is 25.7 Å². The molecule has 1 aliphatic carbocycles. The summed E-state index contributed by atoms with van der Waals surface area (Å²) < 4.78 is 0. The van der Waals surface area contributed by atoms with Crippen molar-refractivity contribution in [1.29, 1.82) is 0 Å². The van der Waals surface area contributed by atoms with Gasteiger partial charge < -0.3 is 10.2 Å². The molecule has 13 heavy (non-hydrogen) atoms. The van der Waals surface area contributed by atoms with E-state index >= 15 is 0 Å². The molecule has 1 aliphatic rings. The number of hydrogen-bond donors (Lipinski definition) is 2. The predicted octanol–water partition coefficient (Wildman–Crippen LogP) is 1.57. The molecule has 2 N–H and O–H groups in total. The Labute approximate surface area is 78.1 Å². The highest BCUT2D eigenvalue weighted by Crippen LogP contribution is 2.36. The molecule has 0 radical (unpaired) electrons. The van der Waals surface area contributed by atoms with E-state index in [1.54, 1.807) is 0 Å². The quantitative estimate of drug-likeness (QED) is 0.652. The van der Waals surface area contributed by atoms with Crippen LogP contribution in [-0.2, 0) is 4.79 Å². The first kappa shape index (κ1) is 10.3. The molecule has 1 unspecified atom stereocenters. The van der Waals surface area contributed by atoms with Crippen LogP contribution >= 0.6 is 0 Å². The fourth-order valence-electron chi connectivity index (χ4n) is 2.05. The minimum Gasteiger partial charge on any atom is -0.481 e. The summed E-state index contributed by atoms with van der Waals surface area (Å²) in [5, 5.41) is 18.6. The second-order valence-corrected chi connectivity index (χ2v) is 3.75. The van der Waals surface area contributed by atoms with Gasteiger partial charge in [0.15, 0.2) is 0 Å². The molecule has 3 heteroatoms. The van der Waals surface area contributed by atoms with Crippen molar-refractivity contribution in [2.45, 2.75) is 37.7 Å². The number of aliphatic hydroxyl groups is 1. The first-order chi connectivity index (χ1) is 6.08. The van der Waals surface area contributed by atoms with Gasteiger partial charge in [-0.2, -0.15) is 0 Å². The lowest BCUT2D eigenvalue weighted by Crippen LogP contribution is -2.36. The van der Waals surface area contributed by atoms with Gasteiger partial charge >= 0.3 is 5.97 Å². The van der Waals surface area contributed by atoms with Gasteiger partial charge in [-0.1, -0.05) is 18.9 Å². The number of carboxylic acids is 1. The van der Waals surface area contributed by atoms with Gasteiger partial charge in [-0.25, -0.2) is 0 Å². The van der Waals surface area contributed by atoms with E-state index in [-0.39, 0.29) is 12.3 Å². The summed E-state index contributed by atoms with van der Waals surface area (Å²) in [6, 6.07) is 0. The number of carboxylic acid groups (broad SMARTS) is 1. The van der Waals surface area contributed by atoms with E-state index < -0.39 is 11.6 Å². The fourth-order valence-corrected chi connectivity index (χ4v) is 2.05. The molecule has 0 spiro atoms. The smallest absolute Gasteiger partial charge is 0.306 e. The molecule has 0 bridgehead atoms. The largest absolute Gasteiger partial charge is 0.481 e. The van der Waals surface area contributed by atoms with Crippen LogP contribution in [0.4, 0.5) is 0 Å². The van der Waals surface area contributed by atoms with E-state index in [9.17, 15) is 9.90 Å². The SMILES string of the molecule is C=CC(O)(CC(=O)O)C1CCCC1. The van der Waals surface area contributed by atoms with Crippen LogP contribution in [0.25, 0.3) is 0 Å². The maximum Gasteiger partial charge on any atom is 0.306 e. The Balaban J connectivity index is 2.66. The maximum atomic E-state index is 10.5. The predicted molar refractivity (Wildman–Crippen MR) is 49.4 cm³/mol. The summed E-state index contributed by atoms with van der Waals surface area (Å²) in [4.78, 5) is 10.5. The third-order valence-electron chi connectivity index (χ3n) is 2.85. The molecule has 1 fully saturated rings. The highest BCUT2D eigenvalue weighted by molar-refractivity contribution is 5.68. The zero-order chi connectivity index (χ0) is 9.90. The second-order valence-electron chi connectivity index (χ2n) is 3.75. The molecule has 1 saturated carbocycles. The molecule has 0 heterocycles. The van der Waals surface area contributed by atoms with Crippen LogP contribution in [0.1, 0.15) is 32.1 Å². The van der Waals surface area contributed by atoms with Crippen molar-refractivity contribution >= 4 is 5.97 Å². The molecular weight excluding hydrogens is 168 g/mol. The summed E-state index contributed by atoms with van der Waals surface area (Å²) in [5.74, 6) is -0.879. The average Bonchev–Trinajstić information content (AvgIpc) is 2.55. The monoisotopic (exact) mass is 184 g/mol. The molecule has 0 aromatic rings. The van der Waals surface area contributed by atoms with E-state index in [4.69, 9.17) is 5.11 Å². The number of hydrogen-bond acceptors (Lipinski definition) is 2. The van der Waals surface area contributed by atoms with Crippen molar-refractivity contribution < 1.29 is 15.0 Å². The van der Waals surface area contributed by atoms with Gasteiger partial charge in [0.25, 0.3) is 0 Å². The molecule has 0 saturated heterocycles. The molecule has 0 aromatic heterocycles. The zero-order valence-corrected chi connectivity index (χ0v) is 7.70. The highest BCUT2D eigenvalue weighted by Gasteiger charge is 2.37. The molecule has 74 valence electrons. The molecule has 0 aromatic carbocycles. The zero-order valence-electron chi connectivity index (χ0n) is 7.70. The number of rotatable bonds is 4. The Morgan fingerprint density at radius 3 is 2.46 bits per heavy atom. The Morgan fingerprint density at radius 2 is 2.08 bits per heavy atom. The summed E-state index contributed by atoms with van der Waals surface area (Å²) in [6.45, 7) is 3.52. The van der Waals surface area contributed by atoms with Gasteiger partial charge in [0.1, 0.15) is 0 Å². The topological polar surface area (TPSA) is 57.5 Å². The van der Waals surface area contributed by atoms with Gasteiger partial charge in [0.2, 0.25) is 0 Å². The van der Waals surface area contributed by atoms with Gasteiger partial charge in [0, 0.05) is 0 Å². The van der Waals surface area contributed by atoms with Crippen molar-refractivity contribution in [3.05, 3.63) is 12.7 Å². The van der Waals surface area contributed by atoms with Crippen LogP contribution in [0.3, 0.4) is 0 Å². The Bertz CT molecular complexity index is 206. The Hall–Kier alpha value is -0.830. The van der Waals surface area contributed by atoms with E-state index in [1.807, 2.05) is 0 Å². The van der Waals surface area contributed by atoms with Crippen LogP contribution in [0, 0.1) is 5.92 Å². The van der Waals surface area contributed by atoms with Crippen molar-refractivity contribution in [1.82, 2.24) is 0 Å². The van der Waals surface area contributed by atoms with Crippen molar-refractivity contribution in [3.8, 4) is 0 Å². The molecule has 3 nitrogen and oxygen atoms in total. The van der Waals surface area contributed by atoms with Gasteiger partial charge in [-0.15, -0.1) is 6.58 Å². The van der Waals surface area contributed by atoms with Crippen LogP contribution in [0.15, 0.2) is 12.7 Å².